The SMILES string of the molecule is CCCN(C1CC(C)(C)Oc2ccc(O)cc21)S(C)(=O)=O. The molecule has 1 N–H and O–H groups in total. The molecule has 1 unspecified atom stereocenters. The fraction of sp³-hybridized carbons (Fsp3) is 0.600. The van der Waals surface area contributed by atoms with Crippen molar-refractivity contribution in [3.63, 3.8) is 0 Å². The fourth-order valence-electron chi connectivity index (χ4n) is 2.83. The van der Waals surface area contributed by atoms with Gasteiger partial charge in [-0.2, -0.15) is 4.31 Å². The van der Waals surface area contributed by atoms with Crippen LogP contribution in [0.25, 0.3) is 0 Å². The maximum Gasteiger partial charge on any atom is 0.211 e. The molecule has 0 spiro atoms. The molecule has 0 amide bonds. The number of hydrogen-bond acceptors (Lipinski definition) is 4. The molecule has 1 aliphatic heterocycles. The standard InChI is InChI=1S/C15H23NO4S/c1-5-8-16(21(4,18)19)13-10-15(2,3)20-14-7-6-11(17)9-12(13)14/h6-7,9,13,17H,5,8,10H2,1-4H3. The van der Waals surface area contributed by atoms with E-state index in [1.54, 1.807) is 18.2 Å². The average Bonchev–Trinajstić information content (AvgIpc) is 2.34. The van der Waals surface area contributed by atoms with E-state index in [1.165, 1.54) is 10.6 Å². The number of fused-ring (bicyclic) bond motifs is 1. The van der Waals surface area contributed by atoms with E-state index in [9.17, 15) is 13.5 Å². The molecular formula is C15H23NO4S. The predicted octanol–water partition coefficient (Wildman–Crippen LogP) is 2.67. The monoisotopic (exact) mass is 313 g/mol. The summed E-state index contributed by atoms with van der Waals surface area (Å²) in [6.07, 6.45) is 2.52. The summed E-state index contributed by atoms with van der Waals surface area (Å²) in [6.45, 7) is 6.30. The Balaban J connectivity index is 2.54. The van der Waals surface area contributed by atoms with Crippen LogP contribution >= 0.6 is 0 Å². The van der Waals surface area contributed by atoms with Crippen molar-refractivity contribution in [3.05, 3.63) is 23.8 Å². The quantitative estimate of drug-likeness (QED) is 0.928. The van der Waals surface area contributed by atoms with E-state index in [-0.39, 0.29) is 11.8 Å². The number of sulfonamides is 1. The minimum atomic E-state index is -3.34. The number of nitrogens with zero attached hydrogens (tertiary/aromatic N) is 1. The lowest BCUT2D eigenvalue weighted by Gasteiger charge is -2.41. The van der Waals surface area contributed by atoms with Crippen molar-refractivity contribution in [1.29, 1.82) is 0 Å². The minimum Gasteiger partial charge on any atom is -0.508 e. The normalized spacial score (nSPS) is 20.9. The highest BCUT2D eigenvalue weighted by molar-refractivity contribution is 7.88. The van der Waals surface area contributed by atoms with Crippen molar-refractivity contribution in [2.24, 2.45) is 0 Å². The topological polar surface area (TPSA) is 66.8 Å². The first-order valence-electron chi connectivity index (χ1n) is 7.13. The highest BCUT2D eigenvalue weighted by Crippen LogP contribution is 2.44. The third-order valence-electron chi connectivity index (χ3n) is 3.64. The first-order chi connectivity index (χ1) is 9.64. The summed E-state index contributed by atoms with van der Waals surface area (Å²) in [6, 6.07) is 4.54. The molecule has 1 atom stereocenters. The summed E-state index contributed by atoms with van der Waals surface area (Å²) in [4.78, 5) is 0. The summed E-state index contributed by atoms with van der Waals surface area (Å²) in [5.41, 5.74) is 0.277. The van der Waals surface area contributed by atoms with Gasteiger partial charge in [0.2, 0.25) is 10.0 Å². The minimum absolute atomic E-state index is 0.118. The lowest BCUT2D eigenvalue weighted by Crippen LogP contribution is -2.43. The Hall–Kier alpha value is -1.27. The largest absolute Gasteiger partial charge is 0.508 e. The molecule has 0 aromatic heterocycles. The predicted molar refractivity (Wildman–Crippen MR) is 82.0 cm³/mol. The van der Waals surface area contributed by atoms with Crippen LogP contribution < -0.4 is 4.74 Å². The first-order valence-corrected chi connectivity index (χ1v) is 8.97. The van der Waals surface area contributed by atoms with Crippen molar-refractivity contribution in [3.8, 4) is 11.5 Å². The number of hydrogen-bond donors (Lipinski definition) is 1. The van der Waals surface area contributed by atoms with E-state index in [1.807, 2.05) is 20.8 Å². The van der Waals surface area contributed by atoms with Gasteiger partial charge in [-0.1, -0.05) is 6.92 Å². The highest BCUT2D eigenvalue weighted by Gasteiger charge is 2.39. The van der Waals surface area contributed by atoms with Crippen LogP contribution in [0.2, 0.25) is 0 Å². The summed E-state index contributed by atoms with van der Waals surface area (Å²) < 4.78 is 31.7. The zero-order chi connectivity index (χ0) is 15.8. The van der Waals surface area contributed by atoms with E-state index in [0.29, 0.717) is 18.7 Å². The van der Waals surface area contributed by atoms with Gasteiger partial charge in [0.25, 0.3) is 0 Å². The van der Waals surface area contributed by atoms with Crippen LogP contribution in [-0.4, -0.2) is 36.2 Å². The Morgan fingerprint density at radius 3 is 2.67 bits per heavy atom. The molecule has 2 rings (SSSR count). The molecule has 0 radical (unpaired) electrons. The molecule has 1 aromatic rings. The molecule has 118 valence electrons. The van der Waals surface area contributed by atoms with Gasteiger partial charge in [-0.05, 0) is 38.5 Å². The second-order valence-corrected chi connectivity index (χ2v) is 8.11. The molecule has 6 heteroatoms. The zero-order valence-corrected chi connectivity index (χ0v) is 13.8. The second kappa shape index (κ2) is 5.50. The molecule has 0 aliphatic carbocycles. The summed E-state index contributed by atoms with van der Waals surface area (Å²) in [7, 11) is -3.34. The highest BCUT2D eigenvalue weighted by atomic mass is 32.2. The molecule has 1 aromatic carbocycles. The van der Waals surface area contributed by atoms with Gasteiger partial charge in [-0.25, -0.2) is 8.42 Å². The number of benzene rings is 1. The summed E-state index contributed by atoms with van der Waals surface area (Å²) in [5, 5.41) is 9.73. The van der Waals surface area contributed by atoms with Gasteiger partial charge in [-0.15, -0.1) is 0 Å². The Labute approximate surface area is 126 Å². The van der Waals surface area contributed by atoms with Crippen LogP contribution in [0, 0.1) is 0 Å². The van der Waals surface area contributed by atoms with Crippen LogP contribution in [-0.2, 0) is 10.0 Å². The second-order valence-electron chi connectivity index (χ2n) is 6.18. The molecule has 21 heavy (non-hydrogen) atoms. The van der Waals surface area contributed by atoms with Gasteiger partial charge in [0.1, 0.15) is 17.1 Å². The Kier molecular flexibility index (Phi) is 4.22. The maximum absolute atomic E-state index is 12.1. The summed E-state index contributed by atoms with van der Waals surface area (Å²) >= 11 is 0. The molecule has 1 aliphatic rings. The fourth-order valence-corrected chi connectivity index (χ4v) is 4.00. The van der Waals surface area contributed by atoms with E-state index in [4.69, 9.17) is 4.74 Å². The first kappa shape index (κ1) is 16.1. The van der Waals surface area contributed by atoms with Crippen LogP contribution in [0.1, 0.15) is 45.2 Å². The number of phenolic OH excluding ortho intramolecular Hbond substituents is 1. The van der Waals surface area contributed by atoms with Crippen molar-refractivity contribution >= 4 is 10.0 Å². The maximum atomic E-state index is 12.1. The van der Waals surface area contributed by atoms with Gasteiger partial charge in [-0.3, -0.25) is 0 Å². The molecule has 0 saturated carbocycles. The Morgan fingerprint density at radius 2 is 2.10 bits per heavy atom. The molecular weight excluding hydrogens is 290 g/mol. The van der Waals surface area contributed by atoms with Crippen molar-refractivity contribution in [2.75, 3.05) is 12.8 Å². The number of phenols is 1. The van der Waals surface area contributed by atoms with Gasteiger partial charge >= 0.3 is 0 Å². The average molecular weight is 313 g/mol. The molecule has 0 fully saturated rings. The van der Waals surface area contributed by atoms with Crippen molar-refractivity contribution in [2.45, 2.75) is 45.3 Å². The van der Waals surface area contributed by atoms with Crippen LogP contribution in [0.4, 0.5) is 0 Å². The van der Waals surface area contributed by atoms with E-state index in [2.05, 4.69) is 0 Å². The van der Waals surface area contributed by atoms with E-state index >= 15 is 0 Å². The van der Waals surface area contributed by atoms with Crippen LogP contribution in [0.5, 0.6) is 11.5 Å². The molecule has 1 heterocycles. The van der Waals surface area contributed by atoms with Crippen molar-refractivity contribution in [1.82, 2.24) is 4.31 Å². The van der Waals surface area contributed by atoms with Crippen molar-refractivity contribution < 1.29 is 18.3 Å². The van der Waals surface area contributed by atoms with Crippen LogP contribution in [0.15, 0.2) is 18.2 Å². The Bertz CT molecular complexity index is 625. The number of ether oxygens (including phenoxy) is 1. The number of rotatable bonds is 4. The smallest absolute Gasteiger partial charge is 0.211 e. The van der Waals surface area contributed by atoms with Gasteiger partial charge < -0.3 is 9.84 Å². The van der Waals surface area contributed by atoms with Crippen LogP contribution in [0.3, 0.4) is 0 Å². The zero-order valence-electron chi connectivity index (χ0n) is 13.0. The van der Waals surface area contributed by atoms with E-state index < -0.39 is 15.6 Å². The Morgan fingerprint density at radius 1 is 1.43 bits per heavy atom. The molecule has 5 nitrogen and oxygen atoms in total. The van der Waals surface area contributed by atoms with E-state index in [0.717, 1.165) is 12.0 Å². The molecule has 0 saturated heterocycles. The van der Waals surface area contributed by atoms with Gasteiger partial charge in [0, 0.05) is 18.5 Å². The lowest BCUT2D eigenvalue weighted by atomic mass is 9.89. The summed E-state index contributed by atoms with van der Waals surface area (Å²) in [5.74, 6) is 0.755. The third kappa shape index (κ3) is 3.49. The number of aromatic hydroxyl groups is 1. The lowest BCUT2D eigenvalue weighted by molar-refractivity contribution is 0.0502. The van der Waals surface area contributed by atoms with Gasteiger partial charge in [0.15, 0.2) is 0 Å². The third-order valence-corrected chi connectivity index (χ3v) is 4.93. The molecule has 0 bridgehead atoms. The van der Waals surface area contributed by atoms with Gasteiger partial charge in [0.05, 0.1) is 12.3 Å².